The SMILES string of the molecule is Cc1ccc(-c2cc(C(F)F)n3ncc(C(=O)Nc4sc5c(c4C#N)CCC5)c3n2)cc1. The maximum Gasteiger partial charge on any atom is 0.280 e. The zero-order valence-electron chi connectivity index (χ0n) is 17.0. The molecule has 0 unspecified atom stereocenters. The molecule has 3 aromatic heterocycles. The lowest BCUT2D eigenvalue weighted by Gasteiger charge is -2.09. The van der Waals surface area contributed by atoms with Gasteiger partial charge < -0.3 is 5.32 Å². The van der Waals surface area contributed by atoms with Crippen LogP contribution in [0.2, 0.25) is 0 Å². The van der Waals surface area contributed by atoms with Gasteiger partial charge >= 0.3 is 0 Å². The predicted molar refractivity (Wildman–Crippen MR) is 117 cm³/mol. The van der Waals surface area contributed by atoms with E-state index >= 15 is 0 Å². The second-order valence-electron chi connectivity index (χ2n) is 7.65. The van der Waals surface area contributed by atoms with E-state index in [9.17, 15) is 18.8 Å². The molecular weight excluding hydrogens is 432 g/mol. The first-order chi connectivity index (χ1) is 15.5. The molecule has 1 aliphatic rings. The molecule has 1 N–H and O–H groups in total. The molecule has 1 aliphatic carbocycles. The fourth-order valence-electron chi connectivity index (χ4n) is 3.95. The van der Waals surface area contributed by atoms with Gasteiger partial charge in [-0.25, -0.2) is 18.3 Å². The Morgan fingerprint density at radius 1 is 1.28 bits per heavy atom. The van der Waals surface area contributed by atoms with E-state index in [-0.39, 0.29) is 16.9 Å². The van der Waals surface area contributed by atoms with Gasteiger partial charge in [0.1, 0.15) is 22.3 Å². The molecule has 9 heteroatoms. The third-order valence-electron chi connectivity index (χ3n) is 5.58. The highest BCUT2D eigenvalue weighted by Gasteiger charge is 2.26. The van der Waals surface area contributed by atoms with Crippen molar-refractivity contribution < 1.29 is 13.6 Å². The Labute approximate surface area is 186 Å². The van der Waals surface area contributed by atoms with E-state index in [0.717, 1.165) is 39.8 Å². The van der Waals surface area contributed by atoms with Crippen LogP contribution in [0.1, 0.15) is 50.5 Å². The molecule has 6 nitrogen and oxygen atoms in total. The van der Waals surface area contributed by atoms with Gasteiger partial charge in [0.05, 0.1) is 17.5 Å². The summed E-state index contributed by atoms with van der Waals surface area (Å²) in [6.45, 7) is 1.93. The minimum Gasteiger partial charge on any atom is -0.312 e. The van der Waals surface area contributed by atoms with Gasteiger partial charge in [-0.05, 0) is 37.8 Å². The average Bonchev–Trinajstić information content (AvgIpc) is 3.47. The first-order valence-corrected chi connectivity index (χ1v) is 10.9. The number of fused-ring (bicyclic) bond motifs is 2. The number of carbonyl (C=O) groups excluding carboxylic acids is 1. The summed E-state index contributed by atoms with van der Waals surface area (Å²) in [7, 11) is 0. The summed E-state index contributed by atoms with van der Waals surface area (Å²) < 4.78 is 28.6. The van der Waals surface area contributed by atoms with E-state index in [1.807, 2.05) is 19.1 Å². The van der Waals surface area contributed by atoms with Crippen LogP contribution >= 0.6 is 11.3 Å². The molecule has 0 bridgehead atoms. The largest absolute Gasteiger partial charge is 0.312 e. The van der Waals surface area contributed by atoms with Crippen molar-refractivity contribution in [2.45, 2.75) is 32.6 Å². The van der Waals surface area contributed by atoms with Crippen LogP contribution in [0.5, 0.6) is 0 Å². The minimum absolute atomic E-state index is 0.0403. The number of rotatable bonds is 4. The monoisotopic (exact) mass is 449 g/mol. The molecule has 1 amide bonds. The highest BCUT2D eigenvalue weighted by molar-refractivity contribution is 7.16. The number of aryl methyl sites for hydroxylation is 2. The Bertz CT molecular complexity index is 1400. The number of thiophene rings is 1. The number of nitriles is 1. The standard InChI is InChI=1S/C23H17F2N5OS/c1-12-5-7-13(8-6-12)17-9-18(20(24)25)30-21(28-17)16(11-27-30)22(31)29-23-15(10-26)14-3-2-4-19(14)32-23/h5-9,11,20H,2-4H2,1H3,(H,29,31). The average molecular weight is 449 g/mol. The normalized spacial score (nSPS) is 12.8. The molecule has 160 valence electrons. The van der Waals surface area contributed by atoms with Crippen LogP contribution in [0, 0.1) is 18.3 Å². The minimum atomic E-state index is -2.80. The first-order valence-electron chi connectivity index (χ1n) is 10.1. The lowest BCUT2D eigenvalue weighted by atomic mass is 10.1. The highest BCUT2D eigenvalue weighted by atomic mass is 32.1. The van der Waals surface area contributed by atoms with Crippen molar-refractivity contribution in [3.8, 4) is 17.3 Å². The number of benzene rings is 1. The van der Waals surface area contributed by atoms with Crippen molar-refractivity contribution in [1.82, 2.24) is 14.6 Å². The molecule has 0 atom stereocenters. The topological polar surface area (TPSA) is 83.1 Å². The van der Waals surface area contributed by atoms with Gasteiger partial charge in [-0.1, -0.05) is 29.8 Å². The molecule has 0 fully saturated rings. The van der Waals surface area contributed by atoms with Crippen molar-refractivity contribution in [2.24, 2.45) is 0 Å². The molecule has 5 rings (SSSR count). The van der Waals surface area contributed by atoms with Gasteiger partial charge in [-0.15, -0.1) is 11.3 Å². The van der Waals surface area contributed by atoms with Crippen molar-refractivity contribution in [1.29, 1.82) is 5.26 Å². The number of nitrogens with zero attached hydrogens (tertiary/aromatic N) is 4. The molecule has 32 heavy (non-hydrogen) atoms. The molecule has 1 aromatic carbocycles. The van der Waals surface area contributed by atoms with Crippen molar-refractivity contribution in [3.63, 3.8) is 0 Å². The van der Waals surface area contributed by atoms with E-state index in [0.29, 0.717) is 21.8 Å². The molecule has 0 spiro atoms. The summed E-state index contributed by atoms with van der Waals surface area (Å²) in [5.74, 6) is -0.537. The van der Waals surface area contributed by atoms with Gasteiger partial charge in [0.25, 0.3) is 12.3 Å². The fourth-order valence-corrected chi connectivity index (χ4v) is 5.19. The first kappa shape index (κ1) is 20.3. The van der Waals surface area contributed by atoms with E-state index in [2.05, 4.69) is 21.5 Å². The Morgan fingerprint density at radius 3 is 2.78 bits per heavy atom. The number of alkyl halides is 2. The van der Waals surface area contributed by atoms with Crippen LogP contribution in [0.3, 0.4) is 0 Å². The second-order valence-corrected chi connectivity index (χ2v) is 8.76. The fraction of sp³-hybridized carbons (Fsp3) is 0.217. The lowest BCUT2D eigenvalue weighted by molar-refractivity contribution is 0.102. The van der Waals surface area contributed by atoms with Crippen molar-refractivity contribution in [3.05, 3.63) is 69.4 Å². The maximum atomic E-state index is 13.8. The Balaban J connectivity index is 1.58. The smallest absolute Gasteiger partial charge is 0.280 e. The molecule has 0 radical (unpaired) electrons. The number of anilines is 1. The van der Waals surface area contributed by atoms with E-state index in [1.165, 1.54) is 23.6 Å². The molecule has 4 aromatic rings. The van der Waals surface area contributed by atoms with E-state index in [1.54, 1.807) is 12.1 Å². The number of aromatic nitrogens is 3. The summed E-state index contributed by atoms with van der Waals surface area (Å²) in [6.07, 6.45) is 1.14. The number of hydrogen-bond donors (Lipinski definition) is 1. The highest BCUT2D eigenvalue weighted by Crippen LogP contribution is 2.39. The van der Waals surface area contributed by atoms with Crippen molar-refractivity contribution >= 4 is 27.9 Å². The quantitative estimate of drug-likeness (QED) is 0.457. The lowest BCUT2D eigenvalue weighted by Crippen LogP contribution is -2.13. The Morgan fingerprint density at radius 2 is 2.06 bits per heavy atom. The zero-order valence-corrected chi connectivity index (χ0v) is 17.8. The van der Waals surface area contributed by atoms with E-state index < -0.39 is 12.3 Å². The number of hydrogen-bond acceptors (Lipinski definition) is 5. The maximum absolute atomic E-state index is 13.8. The molecule has 0 saturated carbocycles. The number of halogens is 2. The predicted octanol–water partition coefficient (Wildman–Crippen LogP) is 5.32. The van der Waals surface area contributed by atoms with Gasteiger partial charge in [-0.2, -0.15) is 10.4 Å². The van der Waals surface area contributed by atoms with Crippen LogP contribution in [0.15, 0.2) is 36.5 Å². The van der Waals surface area contributed by atoms with E-state index in [4.69, 9.17) is 0 Å². The molecular formula is C23H17F2N5OS. The van der Waals surface area contributed by atoms with Crippen LogP contribution in [-0.2, 0) is 12.8 Å². The van der Waals surface area contributed by atoms with Crippen LogP contribution in [0.4, 0.5) is 13.8 Å². The van der Waals surface area contributed by atoms with Gasteiger partial charge in [0.15, 0.2) is 5.65 Å². The summed E-state index contributed by atoms with van der Waals surface area (Å²) in [5.41, 5.74) is 3.25. The summed E-state index contributed by atoms with van der Waals surface area (Å²) >= 11 is 1.39. The summed E-state index contributed by atoms with van der Waals surface area (Å²) in [5, 5.41) is 16.8. The van der Waals surface area contributed by atoms with Gasteiger partial charge in [-0.3, -0.25) is 4.79 Å². The third kappa shape index (κ3) is 3.33. The number of nitrogens with one attached hydrogen (secondary N) is 1. The summed E-state index contributed by atoms with van der Waals surface area (Å²) in [6, 6.07) is 10.8. The van der Waals surface area contributed by atoms with Gasteiger partial charge in [0.2, 0.25) is 0 Å². The number of amides is 1. The Hall–Kier alpha value is -3.64. The molecule has 0 saturated heterocycles. The van der Waals surface area contributed by atoms with Crippen molar-refractivity contribution in [2.75, 3.05) is 5.32 Å². The summed E-state index contributed by atoms with van der Waals surface area (Å²) in [4.78, 5) is 18.6. The molecule has 3 heterocycles. The number of carbonyl (C=O) groups is 1. The third-order valence-corrected chi connectivity index (χ3v) is 6.78. The van der Waals surface area contributed by atoms with Crippen LogP contribution < -0.4 is 5.32 Å². The van der Waals surface area contributed by atoms with Crippen LogP contribution in [0.25, 0.3) is 16.9 Å². The van der Waals surface area contributed by atoms with Gasteiger partial charge in [0, 0.05) is 10.4 Å². The molecule has 0 aliphatic heterocycles. The Kier molecular flexibility index (Phi) is 4.94. The zero-order chi connectivity index (χ0) is 22.4. The van der Waals surface area contributed by atoms with Crippen LogP contribution in [-0.4, -0.2) is 20.5 Å². The second kappa shape index (κ2) is 7.80.